The zero-order valence-corrected chi connectivity index (χ0v) is 8.36. The van der Waals surface area contributed by atoms with Crippen molar-refractivity contribution in [2.75, 3.05) is 0 Å². The third-order valence-corrected chi connectivity index (χ3v) is 2.13. The third kappa shape index (κ3) is 1.45. The summed E-state index contributed by atoms with van der Waals surface area (Å²) in [5, 5.41) is 14.6. The number of nitrogens with zero attached hydrogens (tertiary/aromatic N) is 2. The molecule has 0 saturated heterocycles. The van der Waals surface area contributed by atoms with Crippen LogP contribution in [0.4, 0.5) is 0 Å². The van der Waals surface area contributed by atoms with Crippen molar-refractivity contribution in [2.45, 2.75) is 20.4 Å². The predicted octanol–water partition coefficient (Wildman–Crippen LogP) is 2.36. The van der Waals surface area contributed by atoms with Crippen LogP contribution in [0.3, 0.4) is 0 Å². The quantitative estimate of drug-likeness (QED) is 0.787. The van der Waals surface area contributed by atoms with Crippen LogP contribution in [-0.4, -0.2) is 14.9 Å². The molecule has 0 fully saturated rings. The molecule has 2 rings (SSSR count). The van der Waals surface area contributed by atoms with Gasteiger partial charge in [-0.15, -0.1) is 0 Å². The lowest BCUT2D eigenvalue weighted by molar-refractivity contribution is 0.481. The lowest BCUT2D eigenvalue weighted by Gasteiger charge is -2.05. The fourth-order valence-corrected chi connectivity index (χ4v) is 1.51. The molecule has 1 heterocycles. The highest BCUT2D eigenvalue weighted by molar-refractivity contribution is 5.84. The summed E-state index contributed by atoms with van der Waals surface area (Å²) in [6.07, 6.45) is 1.70. The van der Waals surface area contributed by atoms with E-state index in [2.05, 4.69) is 18.9 Å². The smallest absolute Gasteiger partial charge is 0.126 e. The van der Waals surface area contributed by atoms with Crippen LogP contribution in [0.25, 0.3) is 10.9 Å². The highest BCUT2D eigenvalue weighted by Gasteiger charge is 2.06. The molecule has 3 nitrogen and oxygen atoms in total. The van der Waals surface area contributed by atoms with E-state index in [4.69, 9.17) is 0 Å². The Morgan fingerprint density at radius 1 is 1.43 bits per heavy atom. The molecule has 14 heavy (non-hydrogen) atoms. The van der Waals surface area contributed by atoms with Gasteiger partial charge in [-0.1, -0.05) is 19.9 Å². The number of benzene rings is 1. The minimum absolute atomic E-state index is 0.294. The van der Waals surface area contributed by atoms with Gasteiger partial charge in [-0.25, -0.2) is 0 Å². The van der Waals surface area contributed by atoms with Crippen molar-refractivity contribution in [1.82, 2.24) is 9.78 Å². The first-order valence-electron chi connectivity index (χ1n) is 4.61. The minimum atomic E-state index is 0.294. The lowest BCUT2D eigenvalue weighted by atomic mass is 10.2. The summed E-state index contributed by atoms with van der Waals surface area (Å²) in [6.45, 7) is 4.93. The molecule has 0 aliphatic heterocycles. The zero-order valence-electron chi connectivity index (χ0n) is 8.36. The van der Waals surface area contributed by atoms with E-state index in [1.807, 2.05) is 16.8 Å². The van der Waals surface area contributed by atoms with Crippen molar-refractivity contribution < 1.29 is 5.11 Å². The predicted molar refractivity (Wildman–Crippen MR) is 56.0 cm³/mol. The molecule has 1 aromatic carbocycles. The Morgan fingerprint density at radius 2 is 2.21 bits per heavy atom. The van der Waals surface area contributed by atoms with Crippen LogP contribution in [0.1, 0.15) is 13.8 Å². The Labute approximate surface area is 83.0 Å². The van der Waals surface area contributed by atoms with E-state index >= 15 is 0 Å². The summed E-state index contributed by atoms with van der Waals surface area (Å²) in [6, 6.07) is 5.47. The maximum Gasteiger partial charge on any atom is 0.126 e. The number of phenolic OH excluding ortho intramolecular Hbond substituents is 1. The Kier molecular flexibility index (Phi) is 2.15. The van der Waals surface area contributed by atoms with Crippen molar-refractivity contribution in [3.63, 3.8) is 0 Å². The van der Waals surface area contributed by atoms with E-state index in [0.29, 0.717) is 5.75 Å². The van der Waals surface area contributed by atoms with Gasteiger partial charge < -0.3 is 5.11 Å². The van der Waals surface area contributed by atoms with Gasteiger partial charge in [0.2, 0.25) is 0 Å². The Hall–Kier alpha value is -1.51. The average molecular weight is 189 g/mol. The lowest BCUT2D eigenvalue weighted by Crippen LogP contribution is -2.03. The number of aromatic nitrogens is 2. The highest BCUT2D eigenvalue weighted by atomic mass is 16.3. The van der Waals surface area contributed by atoms with Gasteiger partial charge in [0, 0.05) is 6.54 Å². The van der Waals surface area contributed by atoms with Gasteiger partial charge in [-0.3, -0.25) is 4.68 Å². The summed E-state index contributed by atoms with van der Waals surface area (Å²) in [5.74, 6) is 1.58. The topological polar surface area (TPSA) is 38.0 Å². The second kappa shape index (κ2) is 3.33. The Balaban J connectivity index is 2.52. The maximum absolute atomic E-state index is 9.56. The molecule has 1 aromatic heterocycles. The number of hydrogen-bond acceptors (Lipinski definition) is 2. The van der Waals surface area contributed by atoms with Crippen LogP contribution in [0, 0.1) is 5.92 Å². The maximum atomic E-state index is 9.56. The second-order valence-electron chi connectivity index (χ2n) is 3.72. The van der Waals surface area contributed by atoms with Crippen LogP contribution >= 0.6 is 0 Å². The molecular weight excluding hydrogens is 176 g/mol. The fourth-order valence-electron chi connectivity index (χ4n) is 1.51. The number of hydrogen-bond donors (Lipinski definition) is 1. The van der Waals surface area contributed by atoms with Crippen molar-refractivity contribution in [3.8, 4) is 5.75 Å². The summed E-state index contributed by atoms with van der Waals surface area (Å²) >= 11 is 0. The first-order valence-corrected chi connectivity index (χ1v) is 4.61. The van der Waals surface area contributed by atoms with Crippen LogP contribution in [-0.2, 0) is 6.54 Å². The monoisotopic (exact) mass is 189 g/mol. The number of aromatic hydroxyl groups is 1. The SMILES string of the molecule is C[C](C)Cn1ncc2c(O)cccc21. The minimum Gasteiger partial charge on any atom is -0.507 e. The summed E-state index contributed by atoms with van der Waals surface area (Å²) in [7, 11) is 0. The van der Waals surface area contributed by atoms with E-state index in [-0.39, 0.29) is 0 Å². The number of phenols is 1. The molecule has 3 heteroatoms. The van der Waals surface area contributed by atoms with Gasteiger partial charge in [-0.2, -0.15) is 5.10 Å². The van der Waals surface area contributed by atoms with Crippen LogP contribution < -0.4 is 0 Å². The summed E-state index contributed by atoms with van der Waals surface area (Å²) in [4.78, 5) is 0. The van der Waals surface area contributed by atoms with Gasteiger partial charge in [-0.05, 0) is 18.1 Å². The van der Waals surface area contributed by atoms with E-state index in [1.165, 1.54) is 5.92 Å². The van der Waals surface area contributed by atoms with Crippen molar-refractivity contribution in [1.29, 1.82) is 0 Å². The molecule has 0 amide bonds. The van der Waals surface area contributed by atoms with Gasteiger partial charge in [0.15, 0.2) is 0 Å². The molecule has 73 valence electrons. The first kappa shape index (κ1) is 9.06. The average Bonchev–Trinajstić information content (AvgIpc) is 2.49. The molecular formula is C11H13N2O. The van der Waals surface area contributed by atoms with Crippen LogP contribution in [0.2, 0.25) is 0 Å². The molecule has 0 saturated carbocycles. The summed E-state index contributed by atoms with van der Waals surface area (Å²) in [5.41, 5.74) is 0.978. The molecule has 1 N–H and O–H groups in total. The van der Waals surface area contributed by atoms with Gasteiger partial charge in [0.1, 0.15) is 5.75 Å². The van der Waals surface area contributed by atoms with E-state index in [9.17, 15) is 5.11 Å². The third-order valence-electron chi connectivity index (χ3n) is 2.13. The molecule has 0 atom stereocenters. The number of fused-ring (bicyclic) bond motifs is 1. The second-order valence-corrected chi connectivity index (χ2v) is 3.72. The van der Waals surface area contributed by atoms with Crippen LogP contribution in [0.15, 0.2) is 24.4 Å². The molecule has 0 spiro atoms. The zero-order chi connectivity index (χ0) is 10.1. The molecule has 0 aliphatic rings. The normalized spacial score (nSPS) is 11.4. The molecule has 2 aromatic rings. The molecule has 0 bridgehead atoms. The molecule has 1 radical (unpaired) electrons. The van der Waals surface area contributed by atoms with E-state index in [0.717, 1.165) is 17.4 Å². The van der Waals surface area contributed by atoms with Crippen molar-refractivity contribution in [3.05, 3.63) is 30.3 Å². The van der Waals surface area contributed by atoms with Crippen molar-refractivity contribution >= 4 is 10.9 Å². The molecule has 0 unspecified atom stereocenters. The van der Waals surface area contributed by atoms with Gasteiger partial charge >= 0.3 is 0 Å². The standard InChI is InChI=1S/C11H13N2O/c1-8(2)7-13-10-4-3-5-11(14)9(10)6-12-13/h3-6,14H,7H2,1-2H3. The Bertz CT molecular complexity index is 445. The largest absolute Gasteiger partial charge is 0.507 e. The molecule has 0 aliphatic carbocycles. The van der Waals surface area contributed by atoms with Gasteiger partial charge in [0.05, 0.1) is 17.1 Å². The highest BCUT2D eigenvalue weighted by Crippen LogP contribution is 2.24. The summed E-state index contributed by atoms with van der Waals surface area (Å²) < 4.78 is 1.89. The van der Waals surface area contributed by atoms with E-state index < -0.39 is 0 Å². The van der Waals surface area contributed by atoms with Crippen LogP contribution in [0.5, 0.6) is 5.75 Å². The van der Waals surface area contributed by atoms with Crippen molar-refractivity contribution in [2.24, 2.45) is 0 Å². The fraction of sp³-hybridized carbons (Fsp3) is 0.273. The first-order chi connectivity index (χ1) is 6.68. The van der Waals surface area contributed by atoms with Gasteiger partial charge in [0.25, 0.3) is 0 Å². The number of rotatable bonds is 2. The Morgan fingerprint density at radius 3 is 2.93 bits per heavy atom. The van der Waals surface area contributed by atoms with E-state index in [1.54, 1.807) is 12.3 Å².